The molecule has 0 aliphatic carbocycles. The lowest BCUT2D eigenvalue weighted by Crippen LogP contribution is -2.15. The number of rotatable bonds is 6. The van der Waals surface area contributed by atoms with Crippen molar-refractivity contribution in [3.8, 4) is 11.3 Å². The lowest BCUT2D eigenvalue weighted by atomic mass is 10.1. The summed E-state index contributed by atoms with van der Waals surface area (Å²) in [5.74, 6) is -0.203. The van der Waals surface area contributed by atoms with Crippen molar-refractivity contribution in [1.29, 1.82) is 0 Å². The first-order chi connectivity index (χ1) is 10.9. The number of carbonyl (C=O) groups is 1. The molecule has 9 heteroatoms. The summed E-state index contributed by atoms with van der Waals surface area (Å²) < 4.78 is 39.1. The Labute approximate surface area is 147 Å². The van der Waals surface area contributed by atoms with E-state index < -0.39 is 11.7 Å². The van der Waals surface area contributed by atoms with Crippen LogP contribution >= 0.6 is 23.7 Å². The minimum Gasteiger partial charge on any atom is -0.320 e. The predicted molar refractivity (Wildman–Crippen MR) is 91.6 cm³/mol. The zero-order valence-electron chi connectivity index (χ0n) is 12.8. The van der Waals surface area contributed by atoms with Crippen LogP contribution in [0.4, 0.5) is 18.3 Å². The van der Waals surface area contributed by atoms with Crippen molar-refractivity contribution >= 4 is 34.8 Å². The number of carbonyl (C=O) groups excluding carboxylic acids is 1. The van der Waals surface area contributed by atoms with Crippen molar-refractivity contribution in [2.75, 3.05) is 18.9 Å². The monoisotopic (exact) mass is 379 g/mol. The number of hydrogen-bond donors (Lipinski definition) is 2. The number of nitrogens with zero attached hydrogens (tertiary/aromatic N) is 1. The summed E-state index contributed by atoms with van der Waals surface area (Å²) in [5, 5.41) is 7.35. The predicted octanol–water partition coefficient (Wildman–Crippen LogP) is 4.19. The minimum atomic E-state index is -4.45. The zero-order valence-corrected chi connectivity index (χ0v) is 14.4. The zero-order chi connectivity index (χ0) is 16.9. The second-order valence-electron chi connectivity index (χ2n) is 4.84. The summed E-state index contributed by atoms with van der Waals surface area (Å²) in [7, 11) is 1.79. The Morgan fingerprint density at radius 3 is 2.67 bits per heavy atom. The molecule has 0 fully saturated rings. The quantitative estimate of drug-likeness (QED) is 0.740. The van der Waals surface area contributed by atoms with Gasteiger partial charge in [0.2, 0.25) is 5.91 Å². The summed E-state index contributed by atoms with van der Waals surface area (Å²) >= 11 is 1.11. The second-order valence-corrected chi connectivity index (χ2v) is 5.69. The molecule has 0 atom stereocenters. The van der Waals surface area contributed by atoms with Gasteiger partial charge in [-0.3, -0.25) is 4.79 Å². The lowest BCUT2D eigenvalue weighted by Gasteiger charge is -2.10. The van der Waals surface area contributed by atoms with Crippen LogP contribution in [0.3, 0.4) is 0 Å². The largest absolute Gasteiger partial charge is 0.417 e. The molecule has 4 nitrogen and oxygen atoms in total. The Balaban J connectivity index is 0.00000288. The number of halogens is 4. The summed E-state index contributed by atoms with van der Waals surface area (Å²) in [6, 6.07) is 5.25. The van der Waals surface area contributed by atoms with E-state index in [2.05, 4.69) is 15.6 Å². The van der Waals surface area contributed by atoms with Gasteiger partial charge in [-0.25, -0.2) is 4.98 Å². The van der Waals surface area contributed by atoms with Crippen LogP contribution in [0.25, 0.3) is 11.3 Å². The Morgan fingerprint density at radius 1 is 1.29 bits per heavy atom. The lowest BCUT2D eigenvalue weighted by molar-refractivity contribution is -0.137. The highest BCUT2D eigenvalue weighted by atomic mass is 35.5. The number of alkyl halides is 3. The van der Waals surface area contributed by atoms with Gasteiger partial charge >= 0.3 is 6.18 Å². The molecule has 2 rings (SSSR count). The van der Waals surface area contributed by atoms with Crippen LogP contribution < -0.4 is 10.6 Å². The molecule has 24 heavy (non-hydrogen) atoms. The smallest absolute Gasteiger partial charge is 0.320 e. The molecule has 0 aliphatic rings. The molecule has 0 bridgehead atoms. The molecule has 132 valence electrons. The van der Waals surface area contributed by atoms with E-state index in [9.17, 15) is 18.0 Å². The summed E-state index contributed by atoms with van der Waals surface area (Å²) in [4.78, 5) is 15.8. The van der Waals surface area contributed by atoms with Gasteiger partial charge in [-0.1, -0.05) is 18.2 Å². The molecular weight excluding hydrogens is 363 g/mol. The van der Waals surface area contributed by atoms with E-state index in [-0.39, 0.29) is 29.6 Å². The first-order valence-electron chi connectivity index (χ1n) is 6.98. The van der Waals surface area contributed by atoms with E-state index >= 15 is 0 Å². The standard InChI is InChI=1S/C15H16F3N3OS.ClH/c1-19-8-4-7-13(22)21-14-20-12(9-23-14)10-5-2-3-6-11(10)15(16,17)18;/h2-3,5-6,9,19H,4,7-8H2,1H3,(H,20,21,22);1H. The van der Waals surface area contributed by atoms with Gasteiger partial charge in [0.15, 0.2) is 5.13 Å². The average molecular weight is 380 g/mol. The molecule has 1 aromatic heterocycles. The van der Waals surface area contributed by atoms with E-state index in [0.29, 0.717) is 18.0 Å². The molecule has 0 saturated heterocycles. The van der Waals surface area contributed by atoms with Gasteiger partial charge < -0.3 is 10.6 Å². The molecule has 0 saturated carbocycles. The van der Waals surface area contributed by atoms with Gasteiger partial charge in [0.1, 0.15) is 0 Å². The number of hydrogen-bond acceptors (Lipinski definition) is 4. The normalized spacial score (nSPS) is 11.0. The van der Waals surface area contributed by atoms with Gasteiger partial charge in [-0.15, -0.1) is 23.7 Å². The first-order valence-corrected chi connectivity index (χ1v) is 7.86. The molecule has 2 aromatic rings. The van der Waals surface area contributed by atoms with Crippen LogP contribution in [-0.4, -0.2) is 24.5 Å². The maximum Gasteiger partial charge on any atom is 0.417 e. The van der Waals surface area contributed by atoms with Crippen molar-refractivity contribution < 1.29 is 18.0 Å². The van der Waals surface area contributed by atoms with E-state index in [4.69, 9.17) is 0 Å². The van der Waals surface area contributed by atoms with Crippen LogP contribution in [0.1, 0.15) is 18.4 Å². The Kier molecular flexibility index (Phi) is 7.65. The van der Waals surface area contributed by atoms with E-state index in [1.54, 1.807) is 7.05 Å². The molecule has 1 heterocycles. The maximum atomic E-state index is 13.0. The topological polar surface area (TPSA) is 54.0 Å². The van der Waals surface area contributed by atoms with Crippen LogP contribution in [0.15, 0.2) is 29.6 Å². The van der Waals surface area contributed by atoms with Gasteiger partial charge in [0, 0.05) is 17.4 Å². The molecule has 0 spiro atoms. The van der Waals surface area contributed by atoms with Crippen molar-refractivity contribution in [2.45, 2.75) is 19.0 Å². The maximum absolute atomic E-state index is 13.0. The molecule has 0 unspecified atom stereocenters. The summed E-state index contributed by atoms with van der Waals surface area (Å²) in [5.41, 5.74) is -0.530. The Bertz CT molecular complexity index is 676. The fourth-order valence-electron chi connectivity index (χ4n) is 2.02. The third-order valence-corrected chi connectivity index (χ3v) is 3.85. The fourth-order valence-corrected chi connectivity index (χ4v) is 2.74. The minimum absolute atomic E-state index is 0. The average Bonchev–Trinajstić information content (AvgIpc) is 2.95. The molecule has 0 aliphatic heterocycles. The van der Waals surface area contributed by atoms with Crippen molar-refractivity contribution in [3.63, 3.8) is 0 Å². The van der Waals surface area contributed by atoms with Gasteiger partial charge in [0.05, 0.1) is 11.3 Å². The Hall–Kier alpha value is -1.64. The Morgan fingerprint density at radius 2 is 2.00 bits per heavy atom. The van der Waals surface area contributed by atoms with Crippen molar-refractivity contribution in [3.05, 3.63) is 35.2 Å². The highest BCUT2D eigenvalue weighted by molar-refractivity contribution is 7.14. The fraction of sp³-hybridized carbons (Fsp3) is 0.333. The van der Waals surface area contributed by atoms with Crippen LogP contribution in [0.2, 0.25) is 0 Å². The van der Waals surface area contributed by atoms with Crippen LogP contribution in [0.5, 0.6) is 0 Å². The number of anilines is 1. The molecule has 2 N–H and O–H groups in total. The third-order valence-electron chi connectivity index (χ3n) is 3.09. The molecular formula is C15H17ClF3N3OS. The number of amides is 1. The van der Waals surface area contributed by atoms with Crippen LogP contribution in [0, 0.1) is 0 Å². The van der Waals surface area contributed by atoms with E-state index in [1.165, 1.54) is 23.6 Å². The number of benzene rings is 1. The SMILES string of the molecule is CNCCCC(=O)Nc1nc(-c2ccccc2C(F)(F)F)cs1.Cl. The molecule has 0 radical (unpaired) electrons. The summed E-state index contributed by atoms with van der Waals surface area (Å²) in [6.45, 7) is 0.718. The number of nitrogens with one attached hydrogen (secondary N) is 2. The first kappa shape index (κ1) is 20.4. The van der Waals surface area contributed by atoms with Gasteiger partial charge in [0.25, 0.3) is 0 Å². The van der Waals surface area contributed by atoms with Crippen LogP contribution in [-0.2, 0) is 11.0 Å². The summed E-state index contributed by atoms with van der Waals surface area (Å²) in [6.07, 6.45) is -3.44. The van der Waals surface area contributed by atoms with Crippen molar-refractivity contribution in [2.24, 2.45) is 0 Å². The highest BCUT2D eigenvalue weighted by Gasteiger charge is 2.33. The third kappa shape index (κ3) is 5.47. The van der Waals surface area contributed by atoms with Crippen molar-refractivity contribution in [1.82, 2.24) is 10.3 Å². The molecule has 1 amide bonds. The second kappa shape index (κ2) is 9.00. The van der Waals surface area contributed by atoms with Gasteiger partial charge in [-0.2, -0.15) is 13.2 Å². The molecule has 1 aromatic carbocycles. The van der Waals surface area contributed by atoms with Gasteiger partial charge in [-0.05, 0) is 26.1 Å². The number of aromatic nitrogens is 1. The van der Waals surface area contributed by atoms with E-state index in [1.807, 2.05) is 0 Å². The number of thiazole rings is 1. The van der Waals surface area contributed by atoms with E-state index in [0.717, 1.165) is 23.9 Å². The highest BCUT2D eigenvalue weighted by Crippen LogP contribution is 2.37.